The van der Waals surface area contributed by atoms with Gasteiger partial charge in [0.05, 0.1) is 19.9 Å². The number of carbonyl (C=O) groups is 1. The molecule has 0 atom stereocenters. The van der Waals surface area contributed by atoms with Gasteiger partial charge in [0.25, 0.3) is 5.91 Å². The molecule has 2 aromatic rings. The maximum atomic E-state index is 12.4. The Balaban J connectivity index is 2.27. The molecule has 24 heavy (non-hydrogen) atoms. The molecule has 6 heteroatoms. The first kappa shape index (κ1) is 17.4. The van der Waals surface area contributed by atoms with Gasteiger partial charge in [-0.2, -0.15) is 5.26 Å². The van der Waals surface area contributed by atoms with Gasteiger partial charge in [0.15, 0.2) is 0 Å². The molecule has 2 aromatic carbocycles. The second kappa shape index (κ2) is 8.04. The van der Waals surface area contributed by atoms with Gasteiger partial charge in [0.1, 0.15) is 23.1 Å². The van der Waals surface area contributed by atoms with Crippen LogP contribution in [0.4, 0.5) is 5.69 Å². The Morgan fingerprint density at radius 3 is 2.46 bits per heavy atom. The maximum Gasteiger partial charge on any atom is 0.266 e. The van der Waals surface area contributed by atoms with E-state index in [0.29, 0.717) is 27.8 Å². The number of hydrogen-bond donors (Lipinski definition) is 1. The summed E-state index contributed by atoms with van der Waals surface area (Å²) in [5, 5.41) is 12.5. The number of nitrogens with zero attached hydrogens (tertiary/aromatic N) is 1. The predicted molar refractivity (Wildman–Crippen MR) is 93.2 cm³/mol. The van der Waals surface area contributed by atoms with E-state index in [2.05, 4.69) is 5.32 Å². The fourth-order valence-corrected chi connectivity index (χ4v) is 2.10. The molecular formula is C18H15ClN2O3. The number of halogens is 1. The van der Waals surface area contributed by atoms with Gasteiger partial charge < -0.3 is 14.8 Å². The Kier molecular flexibility index (Phi) is 5.83. The van der Waals surface area contributed by atoms with E-state index in [1.165, 1.54) is 20.3 Å². The molecule has 0 unspecified atom stereocenters. The van der Waals surface area contributed by atoms with Crippen LogP contribution in [0.2, 0.25) is 5.02 Å². The van der Waals surface area contributed by atoms with Crippen molar-refractivity contribution >= 4 is 29.3 Å². The highest BCUT2D eigenvalue weighted by atomic mass is 35.5. The van der Waals surface area contributed by atoms with Gasteiger partial charge in [-0.05, 0) is 35.9 Å². The first-order valence-corrected chi connectivity index (χ1v) is 7.36. The number of carbonyl (C=O) groups excluding carboxylic acids is 1. The molecule has 5 nitrogen and oxygen atoms in total. The van der Waals surface area contributed by atoms with E-state index in [-0.39, 0.29) is 5.57 Å². The average molecular weight is 343 g/mol. The monoisotopic (exact) mass is 342 g/mol. The van der Waals surface area contributed by atoms with Crippen molar-refractivity contribution in [1.82, 2.24) is 0 Å². The summed E-state index contributed by atoms with van der Waals surface area (Å²) in [5.74, 6) is 0.484. The highest BCUT2D eigenvalue weighted by Gasteiger charge is 2.13. The third-order valence-electron chi connectivity index (χ3n) is 3.20. The van der Waals surface area contributed by atoms with Crippen LogP contribution in [0.5, 0.6) is 11.5 Å². The molecule has 0 aliphatic rings. The van der Waals surface area contributed by atoms with Crippen molar-refractivity contribution in [2.24, 2.45) is 0 Å². The first-order chi connectivity index (χ1) is 11.6. The number of nitriles is 1. The number of benzene rings is 2. The average Bonchev–Trinajstić information content (AvgIpc) is 2.61. The fraction of sp³-hybridized carbons (Fsp3) is 0.111. The summed E-state index contributed by atoms with van der Waals surface area (Å²) in [4.78, 5) is 12.4. The lowest BCUT2D eigenvalue weighted by Crippen LogP contribution is -2.14. The van der Waals surface area contributed by atoms with Crippen molar-refractivity contribution in [3.8, 4) is 17.6 Å². The van der Waals surface area contributed by atoms with Crippen molar-refractivity contribution in [3.05, 3.63) is 58.6 Å². The standard InChI is InChI=1S/C18H15ClN2O3/c1-23-15-7-8-17(24-2)16(10-15)21-18(22)13(11-20)9-12-3-5-14(19)6-4-12/h3-10H,1-2H3,(H,21,22)/b13-9+. The van der Waals surface area contributed by atoms with Crippen molar-refractivity contribution in [2.45, 2.75) is 0 Å². The number of nitrogens with one attached hydrogen (secondary N) is 1. The Morgan fingerprint density at radius 1 is 1.17 bits per heavy atom. The molecule has 2 rings (SSSR count). The lowest BCUT2D eigenvalue weighted by atomic mass is 10.1. The van der Waals surface area contributed by atoms with E-state index in [1.807, 2.05) is 6.07 Å². The van der Waals surface area contributed by atoms with Gasteiger partial charge in [-0.25, -0.2) is 0 Å². The highest BCUT2D eigenvalue weighted by molar-refractivity contribution is 6.30. The van der Waals surface area contributed by atoms with Gasteiger partial charge >= 0.3 is 0 Å². The van der Waals surface area contributed by atoms with Crippen LogP contribution in [0, 0.1) is 11.3 Å². The van der Waals surface area contributed by atoms with Crippen molar-refractivity contribution in [1.29, 1.82) is 5.26 Å². The van der Waals surface area contributed by atoms with Crippen molar-refractivity contribution in [3.63, 3.8) is 0 Å². The molecule has 0 aliphatic carbocycles. The molecule has 0 aromatic heterocycles. The Morgan fingerprint density at radius 2 is 1.88 bits per heavy atom. The molecule has 122 valence electrons. The molecule has 0 fully saturated rings. The Bertz CT molecular complexity index is 808. The zero-order valence-corrected chi connectivity index (χ0v) is 13.9. The van der Waals surface area contributed by atoms with E-state index < -0.39 is 5.91 Å². The van der Waals surface area contributed by atoms with E-state index in [0.717, 1.165) is 0 Å². The minimum Gasteiger partial charge on any atom is -0.497 e. The summed E-state index contributed by atoms with van der Waals surface area (Å²) in [6.45, 7) is 0. The molecule has 0 aliphatic heterocycles. The number of hydrogen-bond acceptors (Lipinski definition) is 4. The Hall–Kier alpha value is -2.97. The zero-order chi connectivity index (χ0) is 17.5. The third kappa shape index (κ3) is 4.28. The normalized spacial score (nSPS) is 10.7. The van der Waals surface area contributed by atoms with E-state index >= 15 is 0 Å². The predicted octanol–water partition coefficient (Wildman–Crippen LogP) is 3.90. The molecule has 0 spiro atoms. The summed E-state index contributed by atoms with van der Waals surface area (Å²) in [6.07, 6.45) is 1.48. The summed E-state index contributed by atoms with van der Waals surface area (Å²) >= 11 is 5.82. The smallest absolute Gasteiger partial charge is 0.266 e. The second-order valence-corrected chi connectivity index (χ2v) is 5.18. The van der Waals surface area contributed by atoms with Crippen LogP contribution < -0.4 is 14.8 Å². The largest absolute Gasteiger partial charge is 0.497 e. The highest BCUT2D eigenvalue weighted by Crippen LogP contribution is 2.29. The first-order valence-electron chi connectivity index (χ1n) is 6.98. The van der Waals surface area contributed by atoms with Crippen LogP contribution in [0.25, 0.3) is 6.08 Å². The summed E-state index contributed by atoms with van der Waals surface area (Å²) in [5.41, 5.74) is 1.07. The number of methoxy groups -OCH3 is 2. The fourth-order valence-electron chi connectivity index (χ4n) is 1.98. The van der Waals surface area contributed by atoms with E-state index in [9.17, 15) is 10.1 Å². The maximum absolute atomic E-state index is 12.4. The zero-order valence-electron chi connectivity index (χ0n) is 13.2. The van der Waals surface area contributed by atoms with Crippen LogP contribution in [-0.4, -0.2) is 20.1 Å². The molecule has 0 saturated heterocycles. The number of amides is 1. The van der Waals surface area contributed by atoms with E-state index in [1.54, 1.807) is 42.5 Å². The molecular weight excluding hydrogens is 328 g/mol. The quantitative estimate of drug-likeness (QED) is 0.660. The van der Waals surface area contributed by atoms with Crippen molar-refractivity contribution < 1.29 is 14.3 Å². The number of ether oxygens (including phenoxy) is 2. The Labute approximate surface area is 145 Å². The van der Waals surface area contributed by atoms with Gasteiger partial charge in [-0.3, -0.25) is 4.79 Å². The molecule has 1 N–H and O–H groups in total. The molecule has 0 heterocycles. The topological polar surface area (TPSA) is 71.3 Å². The van der Waals surface area contributed by atoms with Crippen LogP contribution in [0.1, 0.15) is 5.56 Å². The minimum atomic E-state index is -0.543. The molecule has 0 saturated carbocycles. The second-order valence-electron chi connectivity index (χ2n) is 4.74. The molecule has 0 radical (unpaired) electrons. The third-order valence-corrected chi connectivity index (χ3v) is 3.45. The minimum absolute atomic E-state index is 0.0396. The molecule has 0 bridgehead atoms. The number of rotatable bonds is 5. The van der Waals surface area contributed by atoms with Crippen LogP contribution in [-0.2, 0) is 4.79 Å². The summed E-state index contributed by atoms with van der Waals surface area (Å²) in [7, 11) is 3.01. The SMILES string of the molecule is COc1ccc(OC)c(NC(=O)/C(C#N)=C/c2ccc(Cl)cc2)c1. The van der Waals surface area contributed by atoms with Gasteiger partial charge in [0, 0.05) is 11.1 Å². The summed E-state index contributed by atoms with van der Waals surface area (Å²) in [6, 6.07) is 13.7. The van der Waals surface area contributed by atoms with Crippen LogP contribution in [0.3, 0.4) is 0 Å². The summed E-state index contributed by atoms with van der Waals surface area (Å²) < 4.78 is 10.3. The van der Waals surface area contributed by atoms with Crippen molar-refractivity contribution in [2.75, 3.05) is 19.5 Å². The number of anilines is 1. The molecule has 1 amide bonds. The van der Waals surface area contributed by atoms with Crippen LogP contribution in [0.15, 0.2) is 48.0 Å². The van der Waals surface area contributed by atoms with Gasteiger partial charge in [0.2, 0.25) is 0 Å². The lowest BCUT2D eigenvalue weighted by molar-refractivity contribution is -0.112. The van der Waals surface area contributed by atoms with Gasteiger partial charge in [-0.1, -0.05) is 23.7 Å². The van der Waals surface area contributed by atoms with E-state index in [4.69, 9.17) is 21.1 Å². The van der Waals surface area contributed by atoms with Crippen LogP contribution >= 0.6 is 11.6 Å². The lowest BCUT2D eigenvalue weighted by Gasteiger charge is -2.11. The van der Waals surface area contributed by atoms with Gasteiger partial charge in [-0.15, -0.1) is 0 Å².